The Labute approximate surface area is 108 Å². The van der Waals surface area contributed by atoms with Crippen molar-refractivity contribution < 1.29 is 0 Å². The molecule has 1 aliphatic carbocycles. The van der Waals surface area contributed by atoms with Crippen molar-refractivity contribution >= 4 is 11.6 Å². The van der Waals surface area contributed by atoms with Crippen LogP contribution >= 0.6 is 11.6 Å². The van der Waals surface area contributed by atoms with E-state index in [0.717, 1.165) is 29.3 Å². The molecule has 1 atom stereocenters. The molecule has 2 rings (SSSR count). The number of aryl methyl sites for hydroxylation is 2. The van der Waals surface area contributed by atoms with Gasteiger partial charge in [0.2, 0.25) is 0 Å². The van der Waals surface area contributed by atoms with Crippen LogP contribution in [-0.4, -0.2) is 15.3 Å². The minimum Gasteiger partial charge on any atom is -0.324 e. The van der Waals surface area contributed by atoms with Crippen LogP contribution in [0.15, 0.2) is 0 Å². The molecule has 96 valence electrons. The number of aromatic nitrogens is 2. The highest BCUT2D eigenvalue weighted by Crippen LogP contribution is 2.46. The number of halogens is 1. The van der Waals surface area contributed by atoms with Gasteiger partial charge < -0.3 is 5.73 Å². The summed E-state index contributed by atoms with van der Waals surface area (Å²) in [6, 6.07) is 0. The zero-order valence-electron chi connectivity index (χ0n) is 11.2. The standard InChI is InChI=1S/C13H22ClN3/c1-9-11(14)10(17(4)16-9)8-13(15)7-5-6-12(13,2)3/h5-8,15H2,1-4H3. The van der Waals surface area contributed by atoms with Crippen LogP contribution in [0.1, 0.15) is 44.5 Å². The van der Waals surface area contributed by atoms with Crippen LogP contribution < -0.4 is 5.73 Å². The van der Waals surface area contributed by atoms with E-state index in [1.807, 2.05) is 18.7 Å². The van der Waals surface area contributed by atoms with Gasteiger partial charge >= 0.3 is 0 Å². The Morgan fingerprint density at radius 2 is 2.06 bits per heavy atom. The average Bonchev–Trinajstić information content (AvgIpc) is 2.60. The first kappa shape index (κ1) is 12.9. The maximum Gasteiger partial charge on any atom is 0.0847 e. The topological polar surface area (TPSA) is 43.8 Å². The third-order valence-corrected chi connectivity index (χ3v) is 5.01. The van der Waals surface area contributed by atoms with Crippen LogP contribution in [0.2, 0.25) is 5.02 Å². The Morgan fingerprint density at radius 3 is 2.47 bits per heavy atom. The van der Waals surface area contributed by atoms with Gasteiger partial charge in [0.15, 0.2) is 0 Å². The van der Waals surface area contributed by atoms with Crippen molar-refractivity contribution in [3.63, 3.8) is 0 Å². The summed E-state index contributed by atoms with van der Waals surface area (Å²) in [7, 11) is 1.94. The molecule has 0 aromatic carbocycles. The second-order valence-electron chi connectivity index (χ2n) is 6.04. The molecule has 2 N–H and O–H groups in total. The fraction of sp³-hybridized carbons (Fsp3) is 0.769. The fourth-order valence-electron chi connectivity index (χ4n) is 2.93. The molecule has 0 bridgehead atoms. The molecule has 1 heterocycles. The predicted octanol–water partition coefficient (Wildman–Crippen LogP) is 2.83. The number of nitrogens with zero attached hydrogens (tertiary/aromatic N) is 2. The lowest BCUT2D eigenvalue weighted by molar-refractivity contribution is 0.204. The quantitative estimate of drug-likeness (QED) is 0.883. The average molecular weight is 256 g/mol. The molecular weight excluding hydrogens is 234 g/mol. The summed E-state index contributed by atoms with van der Waals surface area (Å²) in [6.45, 7) is 6.46. The van der Waals surface area contributed by atoms with Crippen LogP contribution in [0.25, 0.3) is 0 Å². The van der Waals surface area contributed by atoms with Crippen molar-refractivity contribution in [2.45, 2.75) is 52.0 Å². The third-order valence-electron chi connectivity index (χ3n) is 4.52. The van der Waals surface area contributed by atoms with Gasteiger partial charge in [-0.3, -0.25) is 4.68 Å². The van der Waals surface area contributed by atoms with E-state index in [0.29, 0.717) is 0 Å². The lowest BCUT2D eigenvalue weighted by atomic mass is 9.73. The summed E-state index contributed by atoms with van der Waals surface area (Å²) >= 11 is 6.31. The van der Waals surface area contributed by atoms with E-state index in [2.05, 4.69) is 18.9 Å². The first-order valence-corrected chi connectivity index (χ1v) is 6.61. The molecular formula is C13H22ClN3. The van der Waals surface area contributed by atoms with E-state index < -0.39 is 0 Å². The van der Waals surface area contributed by atoms with Crippen LogP contribution in [-0.2, 0) is 13.5 Å². The Balaban J connectivity index is 2.32. The van der Waals surface area contributed by atoms with Crippen LogP contribution in [0, 0.1) is 12.3 Å². The minimum atomic E-state index is -0.156. The second kappa shape index (κ2) is 3.99. The molecule has 0 amide bonds. The Bertz CT molecular complexity index is 436. The Hall–Kier alpha value is -0.540. The molecule has 0 saturated heterocycles. The predicted molar refractivity (Wildman–Crippen MR) is 71.2 cm³/mol. The Morgan fingerprint density at radius 1 is 1.41 bits per heavy atom. The van der Waals surface area contributed by atoms with Crippen LogP contribution in [0.5, 0.6) is 0 Å². The molecule has 17 heavy (non-hydrogen) atoms. The van der Waals surface area contributed by atoms with E-state index in [4.69, 9.17) is 17.3 Å². The molecule has 1 aromatic heterocycles. The molecule has 0 radical (unpaired) electrons. The van der Waals surface area contributed by atoms with E-state index in [1.54, 1.807) is 0 Å². The smallest absolute Gasteiger partial charge is 0.0847 e. The van der Waals surface area contributed by atoms with Crippen molar-refractivity contribution in [3.05, 3.63) is 16.4 Å². The van der Waals surface area contributed by atoms with E-state index >= 15 is 0 Å². The number of hydrogen-bond donors (Lipinski definition) is 1. The van der Waals surface area contributed by atoms with Crippen LogP contribution in [0.4, 0.5) is 0 Å². The van der Waals surface area contributed by atoms with Gasteiger partial charge in [-0.25, -0.2) is 0 Å². The molecule has 1 saturated carbocycles. The van der Waals surface area contributed by atoms with Crippen molar-refractivity contribution in [3.8, 4) is 0 Å². The molecule has 1 unspecified atom stereocenters. The zero-order valence-corrected chi connectivity index (χ0v) is 11.9. The molecule has 3 nitrogen and oxygen atoms in total. The first-order valence-electron chi connectivity index (χ1n) is 6.24. The van der Waals surface area contributed by atoms with Gasteiger partial charge in [-0.15, -0.1) is 0 Å². The van der Waals surface area contributed by atoms with Crippen molar-refractivity contribution in [1.82, 2.24) is 9.78 Å². The second-order valence-corrected chi connectivity index (χ2v) is 6.42. The van der Waals surface area contributed by atoms with Crippen molar-refractivity contribution in [2.24, 2.45) is 18.2 Å². The van der Waals surface area contributed by atoms with Crippen molar-refractivity contribution in [1.29, 1.82) is 0 Å². The monoisotopic (exact) mass is 255 g/mol. The Kier molecular flexibility index (Phi) is 3.03. The summed E-state index contributed by atoms with van der Waals surface area (Å²) in [5.74, 6) is 0. The molecule has 1 fully saturated rings. The van der Waals surface area contributed by atoms with Crippen molar-refractivity contribution in [2.75, 3.05) is 0 Å². The summed E-state index contributed by atoms with van der Waals surface area (Å²) in [5, 5.41) is 5.14. The summed E-state index contributed by atoms with van der Waals surface area (Å²) in [6.07, 6.45) is 4.28. The zero-order chi connectivity index (χ0) is 12.8. The van der Waals surface area contributed by atoms with Gasteiger partial charge in [0, 0.05) is 19.0 Å². The first-order chi connectivity index (χ1) is 7.77. The summed E-state index contributed by atoms with van der Waals surface area (Å²) in [5.41, 5.74) is 8.60. The summed E-state index contributed by atoms with van der Waals surface area (Å²) in [4.78, 5) is 0. The fourth-order valence-corrected chi connectivity index (χ4v) is 3.16. The molecule has 4 heteroatoms. The van der Waals surface area contributed by atoms with E-state index in [9.17, 15) is 0 Å². The maximum absolute atomic E-state index is 6.62. The van der Waals surface area contributed by atoms with Gasteiger partial charge in [-0.1, -0.05) is 31.9 Å². The number of hydrogen-bond acceptors (Lipinski definition) is 2. The highest BCUT2D eigenvalue weighted by molar-refractivity contribution is 6.31. The highest BCUT2D eigenvalue weighted by Gasteiger charge is 2.46. The van der Waals surface area contributed by atoms with Gasteiger partial charge in [0.1, 0.15) is 0 Å². The lowest BCUT2D eigenvalue weighted by Crippen LogP contribution is -2.51. The molecule has 1 aliphatic rings. The number of rotatable bonds is 2. The van der Waals surface area contributed by atoms with Crippen LogP contribution in [0.3, 0.4) is 0 Å². The van der Waals surface area contributed by atoms with Gasteiger partial charge in [-0.05, 0) is 25.2 Å². The largest absolute Gasteiger partial charge is 0.324 e. The normalized spacial score (nSPS) is 27.6. The van der Waals surface area contributed by atoms with E-state index in [-0.39, 0.29) is 11.0 Å². The van der Waals surface area contributed by atoms with Gasteiger partial charge in [0.05, 0.1) is 16.4 Å². The highest BCUT2D eigenvalue weighted by atomic mass is 35.5. The molecule has 0 spiro atoms. The molecule has 1 aromatic rings. The minimum absolute atomic E-state index is 0.156. The third kappa shape index (κ3) is 2.00. The van der Waals surface area contributed by atoms with E-state index in [1.165, 1.54) is 12.8 Å². The summed E-state index contributed by atoms with van der Waals surface area (Å²) < 4.78 is 1.88. The SMILES string of the molecule is Cc1nn(C)c(CC2(N)CCCC2(C)C)c1Cl. The molecule has 0 aliphatic heterocycles. The lowest BCUT2D eigenvalue weighted by Gasteiger charge is -2.38. The van der Waals surface area contributed by atoms with Gasteiger partial charge in [0.25, 0.3) is 0 Å². The van der Waals surface area contributed by atoms with Gasteiger partial charge in [-0.2, -0.15) is 5.10 Å². The maximum atomic E-state index is 6.62. The number of nitrogens with two attached hydrogens (primary N) is 1.